The van der Waals surface area contributed by atoms with Crippen LogP contribution in [0.1, 0.15) is 31.5 Å². The molecule has 4 rings (SSSR count). The van der Waals surface area contributed by atoms with Gasteiger partial charge in [-0.3, -0.25) is 14.9 Å². The Hall–Kier alpha value is -3.33. The van der Waals surface area contributed by atoms with Gasteiger partial charge < -0.3 is 18.8 Å². The van der Waals surface area contributed by atoms with Crippen LogP contribution in [0.3, 0.4) is 0 Å². The summed E-state index contributed by atoms with van der Waals surface area (Å²) in [6.45, 7) is 0.975. The summed E-state index contributed by atoms with van der Waals surface area (Å²) in [5.74, 6) is 0.888. The summed E-state index contributed by atoms with van der Waals surface area (Å²) < 4.78 is 15.6. The molecule has 0 fully saturated rings. The van der Waals surface area contributed by atoms with E-state index in [-0.39, 0.29) is 17.6 Å². The van der Waals surface area contributed by atoms with Gasteiger partial charge in [-0.25, -0.2) is 4.98 Å². The van der Waals surface area contributed by atoms with E-state index in [1.54, 1.807) is 49.5 Å². The number of aromatic nitrogens is 1. The average Bonchev–Trinajstić information content (AvgIpc) is 3.41. The third-order valence-corrected chi connectivity index (χ3v) is 5.58. The number of ether oxygens (including phenoxy) is 2. The molecule has 0 radical (unpaired) electrons. The van der Waals surface area contributed by atoms with E-state index in [1.807, 2.05) is 0 Å². The molecule has 0 unspecified atom stereocenters. The Kier molecular flexibility index (Phi) is 5.22. The van der Waals surface area contributed by atoms with E-state index in [2.05, 4.69) is 10.3 Å². The first kappa shape index (κ1) is 19.0. The second-order valence-corrected chi connectivity index (χ2v) is 7.48. The number of furan rings is 1. The maximum atomic E-state index is 13.0. The lowest BCUT2D eigenvalue weighted by atomic mass is 10.1. The first-order valence-corrected chi connectivity index (χ1v) is 9.75. The van der Waals surface area contributed by atoms with Crippen molar-refractivity contribution < 1.29 is 23.5 Å². The Morgan fingerprint density at radius 1 is 1.21 bits per heavy atom. The van der Waals surface area contributed by atoms with E-state index in [1.165, 1.54) is 17.6 Å². The standard InChI is InChI=1S/C20H19N3O5S/c1-26-13-8-12(9-14(10-13)27-2)19(25)23-6-5-15-17(11-23)29-20(21-15)22-18(24)16-4-3-7-28-16/h3-4,7-10H,5-6,11H2,1-2H3,(H,21,22,24). The highest BCUT2D eigenvalue weighted by Gasteiger charge is 2.26. The lowest BCUT2D eigenvalue weighted by molar-refractivity contribution is 0.0735. The van der Waals surface area contributed by atoms with Crippen molar-refractivity contribution in [2.75, 3.05) is 26.1 Å². The fourth-order valence-corrected chi connectivity index (χ4v) is 4.12. The zero-order valence-electron chi connectivity index (χ0n) is 15.9. The Balaban J connectivity index is 1.49. The molecule has 2 aromatic heterocycles. The molecule has 0 saturated carbocycles. The maximum absolute atomic E-state index is 13.0. The van der Waals surface area contributed by atoms with E-state index < -0.39 is 0 Å². The van der Waals surface area contributed by atoms with E-state index in [4.69, 9.17) is 13.9 Å². The lowest BCUT2D eigenvalue weighted by Gasteiger charge is -2.26. The Morgan fingerprint density at radius 3 is 2.62 bits per heavy atom. The molecular weight excluding hydrogens is 394 g/mol. The molecule has 2 amide bonds. The molecule has 1 N–H and O–H groups in total. The summed E-state index contributed by atoms with van der Waals surface area (Å²) in [6, 6.07) is 8.36. The van der Waals surface area contributed by atoms with Gasteiger partial charge in [-0.05, 0) is 24.3 Å². The number of fused-ring (bicyclic) bond motifs is 1. The van der Waals surface area contributed by atoms with Gasteiger partial charge in [0.05, 0.1) is 32.7 Å². The summed E-state index contributed by atoms with van der Waals surface area (Å²) in [6.07, 6.45) is 2.06. The molecular formula is C20H19N3O5S. The summed E-state index contributed by atoms with van der Waals surface area (Å²) in [7, 11) is 3.10. The topological polar surface area (TPSA) is 93.9 Å². The molecule has 0 bridgehead atoms. The van der Waals surface area contributed by atoms with Gasteiger partial charge >= 0.3 is 0 Å². The molecule has 0 aliphatic carbocycles. The molecule has 150 valence electrons. The van der Waals surface area contributed by atoms with Crippen molar-refractivity contribution in [1.82, 2.24) is 9.88 Å². The third kappa shape index (κ3) is 3.95. The number of hydrogen-bond donors (Lipinski definition) is 1. The number of carbonyl (C=O) groups excluding carboxylic acids is 2. The van der Waals surface area contributed by atoms with Gasteiger partial charge in [-0.15, -0.1) is 0 Å². The number of amides is 2. The summed E-state index contributed by atoms with van der Waals surface area (Å²) >= 11 is 1.36. The Labute approximate surface area is 171 Å². The van der Waals surface area contributed by atoms with Crippen LogP contribution in [0.4, 0.5) is 5.13 Å². The van der Waals surface area contributed by atoms with Crippen molar-refractivity contribution in [3.05, 3.63) is 58.5 Å². The average molecular weight is 413 g/mol. The third-order valence-electron chi connectivity index (χ3n) is 4.58. The van der Waals surface area contributed by atoms with Crippen molar-refractivity contribution in [3.8, 4) is 11.5 Å². The quantitative estimate of drug-likeness (QED) is 0.690. The summed E-state index contributed by atoms with van der Waals surface area (Å²) in [4.78, 5) is 32.3. The van der Waals surface area contributed by atoms with Crippen molar-refractivity contribution >= 4 is 28.3 Å². The minimum Gasteiger partial charge on any atom is -0.497 e. The predicted octanol–water partition coefficient (Wildman–Crippen LogP) is 3.20. The summed E-state index contributed by atoms with van der Waals surface area (Å²) in [5.41, 5.74) is 1.40. The highest BCUT2D eigenvalue weighted by atomic mass is 32.1. The Morgan fingerprint density at radius 2 is 1.97 bits per heavy atom. The first-order valence-electron chi connectivity index (χ1n) is 8.93. The van der Waals surface area contributed by atoms with E-state index in [0.717, 1.165) is 10.6 Å². The van der Waals surface area contributed by atoms with Crippen LogP contribution >= 0.6 is 11.3 Å². The SMILES string of the molecule is COc1cc(OC)cc(C(=O)N2CCc3nc(NC(=O)c4ccco4)sc3C2)c1. The molecule has 3 aromatic rings. The minimum absolute atomic E-state index is 0.109. The molecule has 0 atom stereocenters. The number of thiazole rings is 1. The van der Waals surface area contributed by atoms with Crippen LogP contribution in [0, 0.1) is 0 Å². The number of nitrogens with zero attached hydrogens (tertiary/aromatic N) is 2. The number of methoxy groups -OCH3 is 2. The molecule has 9 heteroatoms. The normalized spacial score (nSPS) is 13.0. The molecule has 0 saturated heterocycles. The fraction of sp³-hybridized carbons (Fsp3) is 0.250. The van der Waals surface area contributed by atoms with Gasteiger partial charge in [0.25, 0.3) is 11.8 Å². The number of nitrogens with one attached hydrogen (secondary N) is 1. The monoisotopic (exact) mass is 413 g/mol. The largest absolute Gasteiger partial charge is 0.497 e. The van der Waals surface area contributed by atoms with E-state index >= 15 is 0 Å². The molecule has 0 spiro atoms. The molecule has 3 heterocycles. The first-order chi connectivity index (χ1) is 14.1. The van der Waals surface area contributed by atoms with Crippen LogP contribution in [0.5, 0.6) is 11.5 Å². The van der Waals surface area contributed by atoms with Crippen LogP contribution in [0.15, 0.2) is 41.0 Å². The zero-order chi connectivity index (χ0) is 20.4. The van der Waals surface area contributed by atoms with Crippen LogP contribution < -0.4 is 14.8 Å². The molecule has 29 heavy (non-hydrogen) atoms. The molecule has 1 aromatic carbocycles. The van der Waals surface area contributed by atoms with Gasteiger partial charge in [-0.1, -0.05) is 11.3 Å². The van der Waals surface area contributed by atoms with Crippen LogP contribution in [-0.2, 0) is 13.0 Å². The predicted molar refractivity (Wildman–Crippen MR) is 107 cm³/mol. The van der Waals surface area contributed by atoms with Gasteiger partial charge in [-0.2, -0.15) is 0 Å². The van der Waals surface area contributed by atoms with Gasteiger partial charge in [0.2, 0.25) is 0 Å². The second-order valence-electron chi connectivity index (χ2n) is 6.40. The molecule has 1 aliphatic heterocycles. The maximum Gasteiger partial charge on any atom is 0.293 e. The second kappa shape index (κ2) is 7.96. The van der Waals surface area contributed by atoms with Gasteiger partial charge in [0.1, 0.15) is 11.5 Å². The van der Waals surface area contributed by atoms with E-state index in [9.17, 15) is 9.59 Å². The number of rotatable bonds is 5. The molecule has 8 nitrogen and oxygen atoms in total. The highest BCUT2D eigenvalue weighted by Crippen LogP contribution is 2.30. The van der Waals surface area contributed by atoms with Gasteiger partial charge in [0.15, 0.2) is 10.9 Å². The van der Waals surface area contributed by atoms with Crippen molar-refractivity contribution in [2.24, 2.45) is 0 Å². The van der Waals surface area contributed by atoms with Gasteiger partial charge in [0, 0.05) is 29.5 Å². The highest BCUT2D eigenvalue weighted by molar-refractivity contribution is 7.15. The number of anilines is 1. The number of carbonyl (C=O) groups is 2. The summed E-state index contributed by atoms with van der Waals surface area (Å²) in [5, 5.41) is 3.24. The van der Waals surface area contributed by atoms with Crippen molar-refractivity contribution in [3.63, 3.8) is 0 Å². The lowest BCUT2D eigenvalue weighted by Crippen LogP contribution is -2.35. The van der Waals surface area contributed by atoms with Crippen LogP contribution in [-0.4, -0.2) is 42.5 Å². The smallest absolute Gasteiger partial charge is 0.293 e. The fourth-order valence-electron chi connectivity index (χ4n) is 3.10. The van der Waals surface area contributed by atoms with Crippen LogP contribution in [0.25, 0.3) is 0 Å². The van der Waals surface area contributed by atoms with Crippen LogP contribution in [0.2, 0.25) is 0 Å². The number of hydrogen-bond acceptors (Lipinski definition) is 7. The van der Waals surface area contributed by atoms with Crippen molar-refractivity contribution in [2.45, 2.75) is 13.0 Å². The minimum atomic E-state index is -0.350. The van der Waals surface area contributed by atoms with E-state index in [0.29, 0.717) is 41.7 Å². The number of benzene rings is 1. The van der Waals surface area contributed by atoms with Crippen molar-refractivity contribution in [1.29, 1.82) is 0 Å². The molecule has 1 aliphatic rings. The Bertz CT molecular complexity index is 1020. The zero-order valence-corrected chi connectivity index (χ0v) is 16.7.